The third kappa shape index (κ3) is 4.27. The fourth-order valence-corrected chi connectivity index (χ4v) is 6.53. The van der Waals surface area contributed by atoms with Crippen molar-refractivity contribution in [2.45, 2.75) is 30.9 Å². The third-order valence-electron chi connectivity index (χ3n) is 8.13. The molecule has 0 aromatic heterocycles. The molecule has 3 aromatic rings. The fourth-order valence-electron chi connectivity index (χ4n) is 6.26. The van der Waals surface area contributed by atoms with Gasteiger partial charge in [0.05, 0.1) is 35.5 Å². The van der Waals surface area contributed by atoms with Gasteiger partial charge in [0.25, 0.3) is 0 Å². The number of carbonyl (C=O) groups is 1. The Balaban J connectivity index is 1.56. The summed E-state index contributed by atoms with van der Waals surface area (Å²) in [6.07, 6.45) is 2.09. The summed E-state index contributed by atoms with van der Waals surface area (Å²) in [5.41, 5.74) is 6.48. The van der Waals surface area contributed by atoms with Crippen LogP contribution >= 0.6 is 11.6 Å². The minimum atomic E-state index is -0.878. The minimum Gasteiger partial charge on any atom is -0.486 e. The number of amides is 1. The van der Waals surface area contributed by atoms with Crippen molar-refractivity contribution in [1.82, 2.24) is 5.32 Å². The zero-order valence-corrected chi connectivity index (χ0v) is 22.8. The van der Waals surface area contributed by atoms with Crippen molar-refractivity contribution in [2.24, 2.45) is 5.73 Å². The highest BCUT2D eigenvalue weighted by Crippen LogP contribution is 2.53. The average molecular weight is 570 g/mol. The molecule has 3 aliphatic heterocycles. The minimum absolute atomic E-state index is 0.0397. The Labute approximate surface area is 236 Å². The largest absolute Gasteiger partial charge is 0.486 e. The molecular weight excluding hydrogens is 540 g/mol. The standard InChI is InChI=1S/C30H30ClF2N3O4/c1-38-12-10-36-11-13-39-28-21(36)14-18(29(34)37)25(27(28)33)24-19-16-30(23-8-5-9-35-23,17-6-3-2-4-7-17)40-22(19)15-20(32)26(24)31/h2-4,6-7,14-15,23,35H,5,8-13,16H2,1H3,(H2,34,37)/t23-,30-/m0/s1. The predicted molar refractivity (Wildman–Crippen MR) is 148 cm³/mol. The molecule has 1 amide bonds. The van der Waals surface area contributed by atoms with Gasteiger partial charge in [-0.05, 0) is 31.0 Å². The highest BCUT2D eigenvalue weighted by Gasteiger charge is 2.50. The monoisotopic (exact) mass is 569 g/mol. The maximum absolute atomic E-state index is 16.5. The summed E-state index contributed by atoms with van der Waals surface area (Å²) in [7, 11) is 1.57. The number of hydrogen-bond donors (Lipinski definition) is 2. The molecular formula is C30H30ClF2N3O4. The number of fused-ring (bicyclic) bond motifs is 2. The van der Waals surface area contributed by atoms with Crippen molar-refractivity contribution < 1.29 is 27.8 Å². The molecule has 6 rings (SSSR count). The average Bonchev–Trinajstić information content (AvgIpc) is 3.63. The molecule has 0 saturated carbocycles. The molecule has 3 aliphatic rings. The first kappa shape index (κ1) is 26.8. The number of ether oxygens (including phenoxy) is 3. The molecule has 0 spiro atoms. The summed E-state index contributed by atoms with van der Waals surface area (Å²) in [4.78, 5) is 14.7. The molecule has 0 bridgehead atoms. The molecule has 0 unspecified atom stereocenters. The summed E-state index contributed by atoms with van der Waals surface area (Å²) in [6.45, 7) is 2.38. The Morgan fingerprint density at radius 1 is 1.25 bits per heavy atom. The first-order valence-electron chi connectivity index (χ1n) is 13.4. The van der Waals surface area contributed by atoms with Gasteiger partial charge in [-0.3, -0.25) is 4.79 Å². The van der Waals surface area contributed by atoms with E-state index in [1.807, 2.05) is 35.2 Å². The van der Waals surface area contributed by atoms with Gasteiger partial charge < -0.3 is 30.2 Å². The number of benzene rings is 3. The van der Waals surface area contributed by atoms with Crippen molar-refractivity contribution >= 4 is 23.2 Å². The van der Waals surface area contributed by atoms with Crippen molar-refractivity contribution in [2.75, 3.05) is 44.9 Å². The van der Waals surface area contributed by atoms with Gasteiger partial charge in [-0.15, -0.1) is 0 Å². The van der Waals surface area contributed by atoms with Crippen LogP contribution in [0.4, 0.5) is 14.5 Å². The summed E-state index contributed by atoms with van der Waals surface area (Å²) < 4.78 is 49.5. The lowest BCUT2D eigenvalue weighted by atomic mass is 9.80. The molecule has 2 atom stereocenters. The van der Waals surface area contributed by atoms with Crippen LogP contribution in [0.5, 0.6) is 11.5 Å². The number of nitrogens with one attached hydrogen (secondary N) is 1. The molecule has 0 radical (unpaired) electrons. The van der Waals surface area contributed by atoms with E-state index in [0.717, 1.165) is 24.9 Å². The second-order valence-corrected chi connectivity index (χ2v) is 10.7. The van der Waals surface area contributed by atoms with Gasteiger partial charge in [0.1, 0.15) is 18.2 Å². The van der Waals surface area contributed by atoms with Crippen LogP contribution < -0.4 is 25.4 Å². The Morgan fingerprint density at radius 2 is 2.05 bits per heavy atom. The van der Waals surface area contributed by atoms with Crippen molar-refractivity contribution in [1.29, 1.82) is 0 Å². The van der Waals surface area contributed by atoms with Crippen LogP contribution in [0, 0.1) is 11.6 Å². The number of primary amides is 1. The number of halogens is 3. The Hall–Kier alpha value is -3.40. The van der Waals surface area contributed by atoms with Gasteiger partial charge in [0, 0.05) is 42.8 Å². The zero-order valence-electron chi connectivity index (χ0n) is 22.1. The van der Waals surface area contributed by atoms with E-state index in [0.29, 0.717) is 30.9 Å². The number of hydrogen-bond acceptors (Lipinski definition) is 6. The van der Waals surface area contributed by atoms with Crippen LogP contribution in [0.25, 0.3) is 11.1 Å². The maximum atomic E-state index is 16.5. The van der Waals surface area contributed by atoms with Gasteiger partial charge in [0.2, 0.25) is 5.91 Å². The molecule has 1 saturated heterocycles. The summed E-state index contributed by atoms with van der Waals surface area (Å²) in [5.74, 6) is -2.26. The highest BCUT2D eigenvalue weighted by molar-refractivity contribution is 6.34. The fraction of sp³-hybridized carbons (Fsp3) is 0.367. The smallest absolute Gasteiger partial charge is 0.249 e. The molecule has 7 nitrogen and oxygen atoms in total. The van der Waals surface area contributed by atoms with Crippen LogP contribution in [0.2, 0.25) is 5.02 Å². The summed E-state index contributed by atoms with van der Waals surface area (Å²) >= 11 is 6.61. The topological polar surface area (TPSA) is 86.0 Å². The van der Waals surface area contributed by atoms with E-state index in [1.54, 1.807) is 7.11 Å². The number of nitrogens with two attached hydrogens (primary N) is 1. The zero-order chi connectivity index (χ0) is 28.0. The van der Waals surface area contributed by atoms with E-state index in [4.69, 9.17) is 31.5 Å². The first-order valence-corrected chi connectivity index (χ1v) is 13.8. The van der Waals surface area contributed by atoms with Gasteiger partial charge in [-0.1, -0.05) is 41.9 Å². The molecule has 1 fully saturated rings. The molecule has 0 aliphatic carbocycles. The van der Waals surface area contributed by atoms with E-state index < -0.39 is 23.1 Å². The lowest BCUT2D eigenvalue weighted by Crippen LogP contribution is -2.48. The number of nitrogens with zero attached hydrogens (tertiary/aromatic N) is 1. The van der Waals surface area contributed by atoms with Crippen LogP contribution in [0.3, 0.4) is 0 Å². The second-order valence-electron chi connectivity index (χ2n) is 10.4. The van der Waals surface area contributed by atoms with Gasteiger partial charge >= 0.3 is 0 Å². The number of carbonyl (C=O) groups excluding carboxylic acids is 1. The molecule has 3 aromatic carbocycles. The summed E-state index contributed by atoms with van der Waals surface area (Å²) in [6, 6.07) is 12.4. The molecule has 40 heavy (non-hydrogen) atoms. The Bertz CT molecular complexity index is 1470. The molecule has 10 heteroatoms. The van der Waals surface area contributed by atoms with Crippen molar-refractivity contribution in [3.05, 3.63) is 75.8 Å². The number of methoxy groups -OCH3 is 1. The van der Waals surface area contributed by atoms with Crippen LogP contribution in [-0.2, 0) is 16.8 Å². The number of anilines is 1. The van der Waals surface area contributed by atoms with E-state index in [-0.39, 0.29) is 52.3 Å². The van der Waals surface area contributed by atoms with Crippen LogP contribution in [-0.4, -0.2) is 51.9 Å². The SMILES string of the molecule is COCCN1CCOc2c1cc(C(N)=O)c(-c1c(Cl)c(F)cc3c1C[C@](c1ccccc1)([C@@H]1CCCN1)O3)c2F. The van der Waals surface area contributed by atoms with E-state index in [1.165, 1.54) is 12.1 Å². The maximum Gasteiger partial charge on any atom is 0.249 e. The normalized spacial score (nSPS) is 21.5. The second kappa shape index (κ2) is 10.5. The molecule has 3 heterocycles. The lowest BCUT2D eigenvalue weighted by Gasteiger charge is -2.35. The number of rotatable bonds is 7. The van der Waals surface area contributed by atoms with Crippen molar-refractivity contribution in [3.8, 4) is 22.6 Å². The van der Waals surface area contributed by atoms with Gasteiger partial charge in [0.15, 0.2) is 17.2 Å². The van der Waals surface area contributed by atoms with E-state index >= 15 is 8.78 Å². The summed E-state index contributed by atoms with van der Waals surface area (Å²) in [5, 5.41) is 3.22. The quantitative estimate of drug-likeness (QED) is 0.425. The Kier molecular flexibility index (Phi) is 7.06. The Morgan fingerprint density at radius 3 is 2.75 bits per heavy atom. The highest BCUT2D eigenvalue weighted by atomic mass is 35.5. The predicted octanol–water partition coefficient (Wildman–Crippen LogP) is 4.81. The lowest BCUT2D eigenvalue weighted by molar-refractivity contribution is 0.0539. The van der Waals surface area contributed by atoms with E-state index in [9.17, 15) is 4.79 Å². The van der Waals surface area contributed by atoms with Crippen molar-refractivity contribution in [3.63, 3.8) is 0 Å². The van der Waals surface area contributed by atoms with Crippen LogP contribution in [0.1, 0.15) is 34.3 Å². The van der Waals surface area contributed by atoms with Crippen LogP contribution in [0.15, 0.2) is 42.5 Å². The molecule has 3 N–H and O–H groups in total. The molecule has 210 valence electrons. The first-order chi connectivity index (χ1) is 19.4. The van der Waals surface area contributed by atoms with Gasteiger partial charge in [-0.25, -0.2) is 8.78 Å². The van der Waals surface area contributed by atoms with E-state index in [2.05, 4.69) is 5.32 Å². The third-order valence-corrected chi connectivity index (χ3v) is 8.50. The van der Waals surface area contributed by atoms with Gasteiger partial charge in [-0.2, -0.15) is 0 Å².